The fraction of sp³-hybridized carbons (Fsp3) is 0.385. The molecule has 0 unspecified atom stereocenters. The fourth-order valence-corrected chi connectivity index (χ4v) is 1.59. The van der Waals surface area contributed by atoms with Gasteiger partial charge in [-0.25, -0.2) is 8.78 Å². The highest BCUT2D eigenvalue weighted by molar-refractivity contribution is 5.94. The summed E-state index contributed by atoms with van der Waals surface area (Å²) in [7, 11) is 0. The Morgan fingerprint density at radius 2 is 1.95 bits per heavy atom. The molecule has 0 bridgehead atoms. The molecule has 1 aromatic carbocycles. The first-order chi connectivity index (χ1) is 8.81. The predicted octanol–water partition coefficient (Wildman–Crippen LogP) is 2.16. The fourth-order valence-electron chi connectivity index (χ4n) is 1.59. The smallest absolute Gasteiger partial charge is 0.244 e. The molecule has 104 valence electrons. The van der Waals surface area contributed by atoms with Crippen LogP contribution in [-0.4, -0.2) is 29.3 Å². The maximum Gasteiger partial charge on any atom is 0.244 e. The van der Waals surface area contributed by atoms with Crippen LogP contribution in [0.1, 0.15) is 20.8 Å². The van der Waals surface area contributed by atoms with E-state index in [0.29, 0.717) is 6.07 Å². The average Bonchev–Trinajstić information content (AvgIpc) is 2.29. The van der Waals surface area contributed by atoms with Crippen LogP contribution in [0.25, 0.3) is 0 Å². The molecule has 0 heterocycles. The van der Waals surface area contributed by atoms with Gasteiger partial charge in [-0.3, -0.25) is 9.59 Å². The largest absolute Gasteiger partial charge is 0.331 e. The van der Waals surface area contributed by atoms with E-state index in [1.165, 1.54) is 11.8 Å². The molecule has 0 saturated carbocycles. The summed E-state index contributed by atoms with van der Waals surface area (Å²) in [6, 6.07) is 2.72. The predicted molar refractivity (Wildman–Crippen MR) is 67.5 cm³/mol. The van der Waals surface area contributed by atoms with Gasteiger partial charge in [-0.2, -0.15) is 0 Å². The minimum Gasteiger partial charge on any atom is -0.331 e. The molecule has 0 aliphatic rings. The zero-order valence-corrected chi connectivity index (χ0v) is 11.0. The first-order valence-corrected chi connectivity index (χ1v) is 5.83. The van der Waals surface area contributed by atoms with E-state index >= 15 is 0 Å². The van der Waals surface area contributed by atoms with Crippen LogP contribution in [0.3, 0.4) is 0 Å². The Kier molecular flexibility index (Phi) is 4.97. The van der Waals surface area contributed by atoms with Gasteiger partial charge in [-0.05, 0) is 26.0 Å². The van der Waals surface area contributed by atoms with Crippen molar-refractivity contribution in [2.75, 3.05) is 11.9 Å². The Balaban J connectivity index is 2.72. The van der Waals surface area contributed by atoms with E-state index in [1.807, 2.05) is 0 Å². The van der Waals surface area contributed by atoms with Crippen molar-refractivity contribution in [1.29, 1.82) is 0 Å². The third-order valence-corrected chi connectivity index (χ3v) is 2.55. The summed E-state index contributed by atoms with van der Waals surface area (Å²) in [4.78, 5) is 24.4. The molecule has 0 radical (unpaired) electrons. The van der Waals surface area contributed by atoms with Gasteiger partial charge >= 0.3 is 0 Å². The summed E-state index contributed by atoms with van der Waals surface area (Å²) < 4.78 is 26.0. The summed E-state index contributed by atoms with van der Waals surface area (Å²) in [6.07, 6.45) is 0. The number of anilines is 1. The van der Waals surface area contributed by atoms with Gasteiger partial charge in [0.05, 0.1) is 5.69 Å². The number of hydrogen-bond acceptors (Lipinski definition) is 2. The lowest BCUT2D eigenvalue weighted by Crippen LogP contribution is -2.41. The summed E-state index contributed by atoms with van der Waals surface area (Å²) in [5.74, 6) is -2.35. The molecule has 4 nitrogen and oxygen atoms in total. The van der Waals surface area contributed by atoms with Gasteiger partial charge in [0.1, 0.15) is 18.2 Å². The third kappa shape index (κ3) is 4.31. The van der Waals surface area contributed by atoms with Crippen LogP contribution in [0, 0.1) is 11.6 Å². The molecule has 0 aliphatic heterocycles. The average molecular weight is 270 g/mol. The lowest BCUT2D eigenvalue weighted by atomic mass is 10.2. The lowest BCUT2D eigenvalue weighted by molar-refractivity contribution is -0.134. The highest BCUT2D eigenvalue weighted by Gasteiger charge is 2.17. The highest BCUT2D eigenvalue weighted by atomic mass is 19.1. The molecule has 0 aromatic heterocycles. The SMILES string of the molecule is CC(=O)N(CC(=O)Nc1ccc(F)cc1F)C(C)C. The topological polar surface area (TPSA) is 49.4 Å². The summed E-state index contributed by atoms with van der Waals surface area (Å²) in [5, 5.41) is 2.30. The maximum atomic E-state index is 13.3. The number of carbonyl (C=O) groups is 2. The third-order valence-electron chi connectivity index (χ3n) is 2.55. The summed E-state index contributed by atoms with van der Waals surface area (Å²) in [6.45, 7) is 4.72. The minimum atomic E-state index is -0.854. The van der Waals surface area contributed by atoms with E-state index in [4.69, 9.17) is 0 Å². The second-order valence-electron chi connectivity index (χ2n) is 4.41. The number of halogens is 2. The van der Waals surface area contributed by atoms with Crippen LogP contribution in [-0.2, 0) is 9.59 Å². The van der Waals surface area contributed by atoms with Crippen LogP contribution in [0.2, 0.25) is 0 Å². The van der Waals surface area contributed by atoms with Gasteiger partial charge in [0.2, 0.25) is 11.8 Å². The summed E-state index contributed by atoms with van der Waals surface area (Å²) >= 11 is 0. The maximum absolute atomic E-state index is 13.3. The first kappa shape index (κ1) is 15.1. The molecule has 1 N–H and O–H groups in total. The standard InChI is InChI=1S/C13H16F2N2O2/c1-8(2)17(9(3)18)7-13(19)16-12-5-4-10(14)6-11(12)15/h4-6,8H,7H2,1-3H3,(H,16,19). The van der Waals surface area contributed by atoms with E-state index in [9.17, 15) is 18.4 Å². The number of rotatable bonds is 4. The van der Waals surface area contributed by atoms with Gasteiger partial charge in [-0.1, -0.05) is 0 Å². The van der Waals surface area contributed by atoms with E-state index < -0.39 is 17.5 Å². The van der Waals surface area contributed by atoms with Gasteiger partial charge < -0.3 is 10.2 Å². The Hall–Kier alpha value is -1.98. The van der Waals surface area contributed by atoms with Crippen LogP contribution in [0.4, 0.5) is 14.5 Å². The lowest BCUT2D eigenvalue weighted by Gasteiger charge is -2.24. The van der Waals surface area contributed by atoms with E-state index in [-0.39, 0.29) is 24.2 Å². The molecule has 1 aromatic rings. The highest BCUT2D eigenvalue weighted by Crippen LogP contribution is 2.15. The van der Waals surface area contributed by atoms with E-state index in [2.05, 4.69) is 5.32 Å². The molecule has 0 fully saturated rings. The number of nitrogens with zero attached hydrogens (tertiary/aromatic N) is 1. The number of amides is 2. The minimum absolute atomic E-state index is 0.112. The zero-order valence-electron chi connectivity index (χ0n) is 11.0. The molecule has 0 saturated heterocycles. The van der Waals surface area contributed by atoms with Crippen molar-refractivity contribution in [2.24, 2.45) is 0 Å². The Bertz CT molecular complexity index is 490. The van der Waals surface area contributed by atoms with Gasteiger partial charge in [0.15, 0.2) is 0 Å². The molecular formula is C13H16F2N2O2. The molecule has 0 aliphatic carbocycles. The molecule has 0 atom stereocenters. The van der Waals surface area contributed by atoms with Crippen LogP contribution >= 0.6 is 0 Å². The Morgan fingerprint density at radius 3 is 2.42 bits per heavy atom. The number of benzene rings is 1. The van der Waals surface area contributed by atoms with Crippen molar-refractivity contribution in [2.45, 2.75) is 26.8 Å². The molecule has 1 rings (SSSR count). The van der Waals surface area contributed by atoms with Crippen molar-refractivity contribution in [3.63, 3.8) is 0 Å². The van der Waals surface area contributed by atoms with Crippen molar-refractivity contribution in [3.05, 3.63) is 29.8 Å². The Morgan fingerprint density at radius 1 is 1.32 bits per heavy atom. The molecule has 6 heteroatoms. The normalized spacial score (nSPS) is 10.4. The Labute approximate surface area is 110 Å². The van der Waals surface area contributed by atoms with Crippen molar-refractivity contribution in [3.8, 4) is 0 Å². The monoisotopic (exact) mass is 270 g/mol. The van der Waals surface area contributed by atoms with E-state index in [0.717, 1.165) is 12.1 Å². The van der Waals surface area contributed by atoms with Crippen LogP contribution in [0.15, 0.2) is 18.2 Å². The number of hydrogen-bond donors (Lipinski definition) is 1. The van der Waals surface area contributed by atoms with Gasteiger partial charge in [0, 0.05) is 19.0 Å². The first-order valence-electron chi connectivity index (χ1n) is 5.83. The zero-order chi connectivity index (χ0) is 14.6. The van der Waals surface area contributed by atoms with Gasteiger partial charge in [-0.15, -0.1) is 0 Å². The van der Waals surface area contributed by atoms with Gasteiger partial charge in [0.25, 0.3) is 0 Å². The molecular weight excluding hydrogens is 254 g/mol. The number of nitrogens with one attached hydrogen (secondary N) is 1. The molecule has 0 spiro atoms. The van der Waals surface area contributed by atoms with Crippen LogP contribution < -0.4 is 5.32 Å². The van der Waals surface area contributed by atoms with Crippen molar-refractivity contribution in [1.82, 2.24) is 4.90 Å². The second kappa shape index (κ2) is 6.26. The van der Waals surface area contributed by atoms with Crippen LogP contribution in [0.5, 0.6) is 0 Å². The quantitative estimate of drug-likeness (QED) is 0.911. The second-order valence-corrected chi connectivity index (χ2v) is 4.41. The number of carbonyl (C=O) groups excluding carboxylic acids is 2. The summed E-state index contributed by atoms with van der Waals surface area (Å²) in [5.41, 5.74) is -0.112. The molecule has 19 heavy (non-hydrogen) atoms. The van der Waals surface area contributed by atoms with Crippen molar-refractivity contribution >= 4 is 17.5 Å². The van der Waals surface area contributed by atoms with E-state index in [1.54, 1.807) is 13.8 Å². The van der Waals surface area contributed by atoms with Crippen molar-refractivity contribution < 1.29 is 18.4 Å². The molecule has 2 amide bonds.